The molecule has 132 valence electrons. The minimum Gasteiger partial charge on any atom is -0.480 e. The molecule has 2 aliphatic rings. The van der Waals surface area contributed by atoms with Crippen molar-refractivity contribution in [3.05, 3.63) is 22.4 Å². The van der Waals surface area contributed by atoms with Crippen LogP contribution in [-0.4, -0.2) is 77.0 Å². The Morgan fingerprint density at radius 2 is 2.17 bits per heavy atom. The van der Waals surface area contributed by atoms with Crippen LogP contribution in [0.25, 0.3) is 0 Å². The van der Waals surface area contributed by atoms with Gasteiger partial charge in [-0.15, -0.1) is 11.3 Å². The number of carboxylic acid groups (broad SMARTS) is 1. The number of aliphatic carboxylic acids is 1. The van der Waals surface area contributed by atoms with Crippen LogP contribution in [0.5, 0.6) is 0 Å². The molecule has 0 aromatic carbocycles. The Labute approximate surface area is 146 Å². The monoisotopic (exact) mass is 351 g/mol. The third-order valence-corrected chi connectivity index (χ3v) is 6.23. The zero-order valence-electron chi connectivity index (χ0n) is 14.1. The van der Waals surface area contributed by atoms with Crippen LogP contribution < -0.4 is 0 Å². The Balaban J connectivity index is 1.69. The first kappa shape index (κ1) is 17.4. The van der Waals surface area contributed by atoms with E-state index in [1.54, 1.807) is 11.3 Å². The molecular formula is C17H25N3O3S. The van der Waals surface area contributed by atoms with Gasteiger partial charge in [-0.1, -0.05) is 6.07 Å². The van der Waals surface area contributed by atoms with Gasteiger partial charge in [-0.2, -0.15) is 0 Å². The van der Waals surface area contributed by atoms with Gasteiger partial charge in [0.1, 0.15) is 6.54 Å². The summed E-state index contributed by atoms with van der Waals surface area (Å²) in [7, 11) is 2.14. The lowest BCUT2D eigenvalue weighted by Gasteiger charge is -2.49. The summed E-state index contributed by atoms with van der Waals surface area (Å²) < 4.78 is 0. The van der Waals surface area contributed by atoms with E-state index in [4.69, 9.17) is 5.11 Å². The summed E-state index contributed by atoms with van der Waals surface area (Å²) in [6, 6.07) is 4.25. The molecule has 3 rings (SSSR count). The number of carboxylic acids is 1. The number of rotatable bonds is 4. The molecule has 3 heterocycles. The number of carbonyl (C=O) groups excluding carboxylic acids is 1. The fraction of sp³-hybridized carbons (Fsp3) is 0.647. The highest BCUT2D eigenvalue weighted by Crippen LogP contribution is 2.32. The van der Waals surface area contributed by atoms with Crippen molar-refractivity contribution in [1.29, 1.82) is 0 Å². The molecular weight excluding hydrogens is 326 g/mol. The Bertz CT molecular complexity index is 592. The van der Waals surface area contributed by atoms with E-state index in [2.05, 4.69) is 34.4 Å². The average molecular weight is 351 g/mol. The van der Waals surface area contributed by atoms with E-state index < -0.39 is 5.97 Å². The lowest BCUT2D eigenvalue weighted by Crippen LogP contribution is -2.60. The molecule has 0 saturated carbocycles. The number of carbonyl (C=O) groups is 2. The zero-order valence-corrected chi connectivity index (χ0v) is 14.9. The number of likely N-dealkylation sites (N-methyl/N-ethyl adjacent to an activating group) is 1. The summed E-state index contributed by atoms with van der Waals surface area (Å²) in [6.45, 7) is 4.26. The molecule has 24 heavy (non-hydrogen) atoms. The second kappa shape index (κ2) is 7.21. The predicted octanol–water partition coefficient (Wildman–Crippen LogP) is 1.33. The molecule has 1 N–H and O–H groups in total. The summed E-state index contributed by atoms with van der Waals surface area (Å²) in [4.78, 5) is 31.0. The number of nitrogens with zero attached hydrogens (tertiary/aromatic N) is 3. The molecule has 2 fully saturated rings. The summed E-state index contributed by atoms with van der Waals surface area (Å²) in [6.07, 6.45) is 2.08. The van der Waals surface area contributed by atoms with E-state index in [0.717, 1.165) is 39.0 Å². The maximum absolute atomic E-state index is 12.3. The highest BCUT2D eigenvalue weighted by molar-refractivity contribution is 7.09. The van der Waals surface area contributed by atoms with E-state index in [1.165, 1.54) is 9.78 Å². The van der Waals surface area contributed by atoms with Crippen LogP contribution in [0.3, 0.4) is 0 Å². The highest BCUT2D eigenvalue weighted by Gasteiger charge is 2.42. The fourth-order valence-electron chi connectivity index (χ4n) is 3.86. The van der Waals surface area contributed by atoms with Crippen molar-refractivity contribution >= 4 is 23.2 Å². The van der Waals surface area contributed by atoms with Crippen molar-refractivity contribution in [3.63, 3.8) is 0 Å². The molecule has 0 bridgehead atoms. The summed E-state index contributed by atoms with van der Waals surface area (Å²) in [5.74, 6) is -0.964. The molecule has 2 saturated heterocycles. The van der Waals surface area contributed by atoms with Gasteiger partial charge in [0.2, 0.25) is 5.91 Å². The lowest BCUT2D eigenvalue weighted by molar-refractivity contribution is -0.144. The van der Waals surface area contributed by atoms with Crippen molar-refractivity contribution in [2.24, 2.45) is 0 Å². The minimum atomic E-state index is -0.935. The molecule has 2 aliphatic heterocycles. The smallest absolute Gasteiger partial charge is 0.323 e. The van der Waals surface area contributed by atoms with Gasteiger partial charge >= 0.3 is 5.97 Å². The molecule has 1 amide bonds. The van der Waals surface area contributed by atoms with E-state index in [-0.39, 0.29) is 18.0 Å². The van der Waals surface area contributed by atoms with Gasteiger partial charge in [-0.25, -0.2) is 0 Å². The first-order chi connectivity index (χ1) is 11.5. The summed E-state index contributed by atoms with van der Waals surface area (Å²) in [5, 5.41) is 11.1. The maximum Gasteiger partial charge on any atom is 0.323 e. The molecule has 1 spiro atoms. The molecule has 1 aromatic rings. The molecule has 7 heteroatoms. The molecule has 1 aromatic heterocycles. The summed E-state index contributed by atoms with van der Waals surface area (Å²) in [5.41, 5.74) is -0.0293. The molecule has 6 nitrogen and oxygen atoms in total. The third-order valence-electron chi connectivity index (χ3n) is 5.37. The van der Waals surface area contributed by atoms with Crippen molar-refractivity contribution in [3.8, 4) is 0 Å². The van der Waals surface area contributed by atoms with Crippen LogP contribution in [0.4, 0.5) is 0 Å². The Morgan fingerprint density at radius 3 is 2.88 bits per heavy atom. The van der Waals surface area contributed by atoms with Gasteiger partial charge in [-0.05, 0) is 31.3 Å². The van der Waals surface area contributed by atoms with Gasteiger partial charge in [0.25, 0.3) is 0 Å². The van der Waals surface area contributed by atoms with Crippen LogP contribution in [-0.2, 0) is 16.1 Å². The van der Waals surface area contributed by atoms with E-state index in [1.807, 2.05) is 0 Å². The highest BCUT2D eigenvalue weighted by atomic mass is 32.1. The first-order valence-electron chi connectivity index (χ1n) is 8.44. The van der Waals surface area contributed by atoms with Gasteiger partial charge in [0.05, 0.1) is 0 Å². The second-order valence-corrected chi connectivity index (χ2v) is 7.93. The topological polar surface area (TPSA) is 64.1 Å². The quantitative estimate of drug-likeness (QED) is 0.887. The number of hydrogen-bond donors (Lipinski definition) is 1. The van der Waals surface area contributed by atoms with Gasteiger partial charge in [0, 0.05) is 49.6 Å². The summed E-state index contributed by atoms with van der Waals surface area (Å²) >= 11 is 1.78. The SMILES string of the molecule is CN1CCN(Cc2cccs2)C[C@@]12CCC(=O)N(CC(=O)O)CC2. The van der Waals surface area contributed by atoms with Gasteiger partial charge in [-0.3, -0.25) is 19.4 Å². The number of thiophene rings is 1. The third kappa shape index (κ3) is 3.79. The van der Waals surface area contributed by atoms with Crippen molar-refractivity contribution in [2.75, 3.05) is 39.8 Å². The number of hydrogen-bond acceptors (Lipinski definition) is 5. The Hall–Kier alpha value is -1.44. The average Bonchev–Trinajstić information content (AvgIpc) is 3.00. The van der Waals surface area contributed by atoms with Crippen molar-refractivity contribution < 1.29 is 14.7 Å². The van der Waals surface area contributed by atoms with E-state index >= 15 is 0 Å². The molecule has 0 radical (unpaired) electrons. The Kier molecular flexibility index (Phi) is 5.22. The Morgan fingerprint density at radius 1 is 1.33 bits per heavy atom. The zero-order chi connectivity index (χ0) is 17.2. The number of amides is 1. The fourth-order valence-corrected chi connectivity index (χ4v) is 4.61. The van der Waals surface area contributed by atoms with E-state index in [9.17, 15) is 9.59 Å². The van der Waals surface area contributed by atoms with E-state index in [0.29, 0.717) is 13.0 Å². The van der Waals surface area contributed by atoms with Crippen LogP contribution in [0.2, 0.25) is 0 Å². The predicted molar refractivity (Wildman–Crippen MR) is 93.0 cm³/mol. The number of piperazine rings is 1. The lowest BCUT2D eigenvalue weighted by atomic mass is 9.86. The minimum absolute atomic E-state index is 0.0293. The van der Waals surface area contributed by atoms with Gasteiger partial charge in [0.15, 0.2) is 0 Å². The molecule has 0 unspecified atom stereocenters. The molecule has 1 atom stereocenters. The number of likely N-dealkylation sites (tertiary alicyclic amines) is 1. The maximum atomic E-state index is 12.3. The normalized spacial score (nSPS) is 26.7. The second-order valence-electron chi connectivity index (χ2n) is 6.89. The largest absolute Gasteiger partial charge is 0.480 e. The van der Waals surface area contributed by atoms with Crippen LogP contribution in [0, 0.1) is 0 Å². The molecule has 0 aliphatic carbocycles. The van der Waals surface area contributed by atoms with Crippen LogP contribution >= 0.6 is 11.3 Å². The van der Waals surface area contributed by atoms with Crippen molar-refractivity contribution in [2.45, 2.75) is 31.3 Å². The van der Waals surface area contributed by atoms with Gasteiger partial charge < -0.3 is 10.0 Å². The van der Waals surface area contributed by atoms with Crippen LogP contribution in [0.1, 0.15) is 24.1 Å². The standard InChI is InChI=1S/C17H25N3O3S/c1-18-8-9-19(11-14-3-2-10-24-14)13-17(18)5-4-15(21)20(7-6-17)12-16(22)23/h2-3,10H,4-9,11-13H2,1H3,(H,22,23)/t17-/m0/s1. The van der Waals surface area contributed by atoms with Crippen molar-refractivity contribution in [1.82, 2.24) is 14.7 Å². The van der Waals surface area contributed by atoms with Crippen LogP contribution in [0.15, 0.2) is 17.5 Å². The first-order valence-corrected chi connectivity index (χ1v) is 9.32.